The minimum absolute atomic E-state index is 0.793. The van der Waals surface area contributed by atoms with E-state index in [1.165, 1.54) is 6.42 Å². The summed E-state index contributed by atoms with van der Waals surface area (Å²) < 4.78 is 0. The minimum Gasteiger partial charge on any atom is -0.391 e. The molecular weight excluding hydrogens is 110 g/mol. The van der Waals surface area contributed by atoms with Crippen LogP contribution >= 0.6 is 0 Å². The van der Waals surface area contributed by atoms with E-state index in [1.54, 1.807) is 0 Å². The van der Waals surface area contributed by atoms with Crippen molar-refractivity contribution in [1.82, 2.24) is 5.32 Å². The zero-order valence-corrected chi connectivity index (χ0v) is 6.65. The molecule has 1 atom stereocenters. The lowest BCUT2D eigenvalue weighted by molar-refractivity contribution is 0.539. The van der Waals surface area contributed by atoms with Gasteiger partial charge in [-0.3, -0.25) is 0 Å². The van der Waals surface area contributed by atoms with Gasteiger partial charge in [-0.1, -0.05) is 26.3 Å². The molecule has 9 heavy (non-hydrogen) atoms. The fourth-order valence-electron chi connectivity index (χ4n) is 0.531. The van der Waals surface area contributed by atoms with E-state index in [-0.39, 0.29) is 0 Å². The standard InChI is InChI=1S/C8H17N/c1-4-6-9-7-8(3)5-2/h4,6,8-9H,5,7H2,1-3H3/b6-4-. The van der Waals surface area contributed by atoms with Gasteiger partial charge >= 0.3 is 0 Å². The molecule has 1 unspecified atom stereocenters. The zero-order chi connectivity index (χ0) is 7.11. The molecule has 1 N–H and O–H groups in total. The van der Waals surface area contributed by atoms with Crippen molar-refractivity contribution in [2.45, 2.75) is 27.2 Å². The molecule has 0 amide bonds. The van der Waals surface area contributed by atoms with E-state index in [2.05, 4.69) is 19.2 Å². The maximum atomic E-state index is 3.21. The number of rotatable bonds is 4. The van der Waals surface area contributed by atoms with Crippen molar-refractivity contribution in [2.24, 2.45) is 5.92 Å². The average molecular weight is 127 g/mol. The Morgan fingerprint density at radius 3 is 2.67 bits per heavy atom. The Morgan fingerprint density at radius 1 is 1.56 bits per heavy atom. The van der Waals surface area contributed by atoms with Gasteiger partial charge in [0.2, 0.25) is 0 Å². The summed E-state index contributed by atoms with van der Waals surface area (Å²) in [5.41, 5.74) is 0. The Morgan fingerprint density at radius 2 is 2.22 bits per heavy atom. The topological polar surface area (TPSA) is 12.0 Å². The average Bonchev–Trinajstić information content (AvgIpc) is 1.89. The summed E-state index contributed by atoms with van der Waals surface area (Å²) in [5, 5.41) is 3.21. The van der Waals surface area contributed by atoms with Crippen LogP contribution in [0, 0.1) is 5.92 Å². The Kier molecular flexibility index (Phi) is 5.38. The Hall–Kier alpha value is -0.460. The van der Waals surface area contributed by atoms with Crippen LogP contribution in [-0.2, 0) is 0 Å². The first kappa shape index (κ1) is 8.54. The zero-order valence-electron chi connectivity index (χ0n) is 6.65. The summed E-state index contributed by atoms with van der Waals surface area (Å²) in [6.45, 7) is 7.57. The summed E-state index contributed by atoms with van der Waals surface area (Å²) in [6, 6.07) is 0. The SMILES string of the molecule is C/C=C\NCC(C)CC. The van der Waals surface area contributed by atoms with Crippen molar-refractivity contribution in [3.8, 4) is 0 Å². The Bertz CT molecular complexity index is 76.6. The fourth-order valence-corrected chi connectivity index (χ4v) is 0.531. The van der Waals surface area contributed by atoms with E-state index >= 15 is 0 Å². The molecule has 0 rings (SSSR count). The highest BCUT2D eigenvalue weighted by molar-refractivity contribution is 4.74. The summed E-state index contributed by atoms with van der Waals surface area (Å²) in [4.78, 5) is 0. The van der Waals surface area contributed by atoms with Crippen LogP contribution < -0.4 is 5.32 Å². The molecule has 0 fully saturated rings. The molecule has 0 radical (unpaired) electrons. The van der Waals surface area contributed by atoms with Gasteiger partial charge in [-0.25, -0.2) is 0 Å². The molecule has 0 aromatic rings. The largest absolute Gasteiger partial charge is 0.391 e. The molecule has 0 aliphatic heterocycles. The first-order chi connectivity index (χ1) is 4.31. The van der Waals surface area contributed by atoms with Crippen molar-refractivity contribution in [3.63, 3.8) is 0 Å². The second-order valence-electron chi connectivity index (χ2n) is 2.42. The maximum absolute atomic E-state index is 3.21. The van der Waals surface area contributed by atoms with Crippen molar-refractivity contribution in [2.75, 3.05) is 6.54 Å². The van der Waals surface area contributed by atoms with Gasteiger partial charge in [-0.15, -0.1) is 0 Å². The first-order valence-electron chi connectivity index (χ1n) is 3.65. The monoisotopic (exact) mass is 127 g/mol. The summed E-state index contributed by atoms with van der Waals surface area (Å²) in [7, 11) is 0. The van der Waals surface area contributed by atoms with Gasteiger partial charge in [0.25, 0.3) is 0 Å². The van der Waals surface area contributed by atoms with E-state index in [0.717, 1.165) is 12.5 Å². The molecule has 0 aromatic carbocycles. The lowest BCUT2D eigenvalue weighted by atomic mass is 10.1. The van der Waals surface area contributed by atoms with Gasteiger partial charge in [0.15, 0.2) is 0 Å². The fraction of sp³-hybridized carbons (Fsp3) is 0.750. The third-order valence-electron chi connectivity index (χ3n) is 1.45. The van der Waals surface area contributed by atoms with Crippen LogP contribution in [0.4, 0.5) is 0 Å². The van der Waals surface area contributed by atoms with Gasteiger partial charge < -0.3 is 5.32 Å². The quantitative estimate of drug-likeness (QED) is 0.610. The van der Waals surface area contributed by atoms with Crippen LogP contribution in [0.25, 0.3) is 0 Å². The molecule has 0 aliphatic rings. The van der Waals surface area contributed by atoms with Crippen LogP contribution in [0.15, 0.2) is 12.3 Å². The van der Waals surface area contributed by atoms with Crippen LogP contribution in [0.2, 0.25) is 0 Å². The van der Waals surface area contributed by atoms with Gasteiger partial charge in [-0.05, 0) is 19.0 Å². The minimum atomic E-state index is 0.793. The maximum Gasteiger partial charge on any atom is 0.0166 e. The van der Waals surface area contributed by atoms with E-state index < -0.39 is 0 Å². The van der Waals surface area contributed by atoms with Crippen molar-refractivity contribution in [1.29, 1.82) is 0 Å². The van der Waals surface area contributed by atoms with Crippen molar-refractivity contribution >= 4 is 0 Å². The summed E-state index contributed by atoms with van der Waals surface area (Å²) in [6.07, 6.45) is 5.26. The van der Waals surface area contributed by atoms with E-state index in [9.17, 15) is 0 Å². The molecule has 0 spiro atoms. The molecule has 0 saturated carbocycles. The third-order valence-corrected chi connectivity index (χ3v) is 1.45. The number of nitrogens with one attached hydrogen (secondary N) is 1. The lowest BCUT2D eigenvalue weighted by Crippen LogP contribution is -2.14. The second kappa shape index (κ2) is 5.67. The highest BCUT2D eigenvalue weighted by Gasteiger charge is 1.92. The van der Waals surface area contributed by atoms with Gasteiger partial charge in [-0.2, -0.15) is 0 Å². The number of allylic oxidation sites excluding steroid dienone is 1. The highest BCUT2D eigenvalue weighted by Crippen LogP contribution is 1.96. The number of hydrogen-bond donors (Lipinski definition) is 1. The molecule has 0 heterocycles. The second-order valence-corrected chi connectivity index (χ2v) is 2.42. The normalized spacial score (nSPS) is 14.1. The molecule has 1 heteroatoms. The number of hydrogen-bond acceptors (Lipinski definition) is 1. The highest BCUT2D eigenvalue weighted by atomic mass is 14.8. The predicted octanol–water partition coefficient (Wildman–Crippen LogP) is 2.16. The van der Waals surface area contributed by atoms with E-state index in [4.69, 9.17) is 0 Å². The molecule has 0 aromatic heterocycles. The Balaban J connectivity index is 3.06. The van der Waals surface area contributed by atoms with Gasteiger partial charge in [0, 0.05) is 6.54 Å². The van der Waals surface area contributed by atoms with Crippen molar-refractivity contribution in [3.05, 3.63) is 12.3 Å². The van der Waals surface area contributed by atoms with Crippen LogP contribution in [0.3, 0.4) is 0 Å². The van der Waals surface area contributed by atoms with Crippen LogP contribution in [0.5, 0.6) is 0 Å². The summed E-state index contributed by atoms with van der Waals surface area (Å²) >= 11 is 0. The summed E-state index contributed by atoms with van der Waals surface area (Å²) in [5.74, 6) is 0.793. The van der Waals surface area contributed by atoms with Crippen molar-refractivity contribution < 1.29 is 0 Å². The third kappa shape index (κ3) is 5.41. The lowest BCUT2D eigenvalue weighted by Gasteiger charge is -2.06. The molecule has 0 aliphatic carbocycles. The molecule has 1 nitrogen and oxygen atoms in total. The molecule has 0 saturated heterocycles. The molecular formula is C8H17N. The van der Waals surface area contributed by atoms with E-state index in [1.807, 2.05) is 19.2 Å². The van der Waals surface area contributed by atoms with Gasteiger partial charge in [0.1, 0.15) is 0 Å². The Labute approximate surface area is 58.2 Å². The predicted molar refractivity (Wildman–Crippen MR) is 42.3 cm³/mol. The smallest absolute Gasteiger partial charge is 0.0166 e. The first-order valence-corrected chi connectivity index (χ1v) is 3.65. The van der Waals surface area contributed by atoms with Gasteiger partial charge in [0.05, 0.1) is 0 Å². The van der Waals surface area contributed by atoms with Crippen LogP contribution in [0.1, 0.15) is 27.2 Å². The van der Waals surface area contributed by atoms with E-state index in [0.29, 0.717) is 0 Å². The van der Waals surface area contributed by atoms with Crippen LogP contribution in [-0.4, -0.2) is 6.54 Å². The molecule has 54 valence electrons. The molecule has 0 bridgehead atoms.